The molecule has 3 rings (SSSR count). The van der Waals surface area contributed by atoms with Crippen LogP contribution in [0, 0.1) is 6.92 Å². The summed E-state index contributed by atoms with van der Waals surface area (Å²) in [5.41, 5.74) is 4.34. The first-order valence-electron chi connectivity index (χ1n) is 6.74. The lowest BCUT2D eigenvalue weighted by atomic mass is 10.1. The molecule has 1 amide bonds. The molecular weight excluding hydrogens is 314 g/mol. The minimum atomic E-state index is -0.0140. The predicted molar refractivity (Wildman–Crippen MR) is 84.2 cm³/mol. The van der Waals surface area contributed by atoms with Gasteiger partial charge in [-0.1, -0.05) is 57.9 Å². The number of fused-ring (bicyclic) bond motifs is 1. The third-order valence-corrected chi connectivity index (χ3v) is 4.59. The molecule has 2 nitrogen and oxygen atoms in total. The van der Waals surface area contributed by atoms with Crippen LogP contribution in [-0.4, -0.2) is 10.7 Å². The van der Waals surface area contributed by atoms with Gasteiger partial charge in [0.1, 0.15) is 0 Å². The molecule has 0 saturated carbocycles. The van der Waals surface area contributed by atoms with Gasteiger partial charge in [0, 0.05) is 10.4 Å². The van der Waals surface area contributed by atoms with Gasteiger partial charge >= 0.3 is 0 Å². The summed E-state index contributed by atoms with van der Waals surface area (Å²) in [5.74, 6) is -0.0140. The van der Waals surface area contributed by atoms with Gasteiger partial charge < -0.3 is 5.32 Å². The molecule has 2 aromatic carbocycles. The highest BCUT2D eigenvalue weighted by Gasteiger charge is 2.31. The molecule has 0 spiro atoms. The molecule has 0 fully saturated rings. The van der Waals surface area contributed by atoms with Crippen LogP contribution in [0.4, 0.5) is 0 Å². The Balaban J connectivity index is 1.83. The van der Waals surface area contributed by atoms with Crippen LogP contribution in [0.15, 0.2) is 48.5 Å². The molecule has 0 heterocycles. The lowest BCUT2D eigenvalue weighted by Gasteiger charge is -2.18. The summed E-state index contributed by atoms with van der Waals surface area (Å²) in [6.45, 7) is 1.99. The fraction of sp³-hybridized carbons (Fsp3) is 0.235. The van der Waals surface area contributed by atoms with Gasteiger partial charge in [-0.3, -0.25) is 4.79 Å². The third kappa shape index (κ3) is 2.50. The molecule has 0 saturated heterocycles. The minimum Gasteiger partial charge on any atom is -0.344 e. The average molecular weight is 330 g/mol. The van der Waals surface area contributed by atoms with Gasteiger partial charge in [0.2, 0.25) is 0 Å². The van der Waals surface area contributed by atoms with E-state index in [0.717, 1.165) is 12.0 Å². The van der Waals surface area contributed by atoms with E-state index in [1.54, 1.807) is 0 Å². The van der Waals surface area contributed by atoms with Gasteiger partial charge in [-0.25, -0.2) is 0 Å². The summed E-state index contributed by atoms with van der Waals surface area (Å²) >= 11 is 3.69. The summed E-state index contributed by atoms with van der Waals surface area (Å²) in [4.78, 5) is 12.6. The molecule has 102 valence electrons. The highest BCUT2D eigenvalue weighted by atomic mass is 79.9. The molecule has 0 bridgehead atoms. The molecule has 1 N–H and O–H groups in total. The number of nitrogens with one attached hydrogen (secondary N) is 1. The summed E-state index contributed by atoms with van der Waals surface area (Å²) < 4.78 is 0. The topological polar surface area (TPSA) is 29.1 Å². The van der Waals surface area contributed by atoms with Gasteiger partial charge in [0.05, 0.1) is 6.04 Å². The number of hydrogen-bond acceptors (Lipinski definition) is 1. The van der Waals surface area contributed by atoms with Gasteiger partial charge in [-0.05, 0) is 36.6 Å². The van der Waals surface area contributed by atoms with Gasteiger partial charge in [0.15, 0.2) is 0 Å². The van der Waals surface area contributed by atoms with Crippen molar-refractivity contribution in [1.29, 1.82) is 0 Å². The minimum absolute atomic E-state index is 0.0140. The van der Waals surface area contributed by atoms with Gasteiger partial charge in [0.25, 0.3) is 5.91 Å². The first-order chi connectivity index (χ1) is 9.65. The molecular formula is C17H16BrNO. The van der Waals surface area contributed by atoms with Crippen molar-refractivity contribution < 1.29 is 4.79 Å². The van der Waals surface area contributed by atoms with E-state index in [-0.39, 0.29) is 16.8 Å². The lowest BCUT2D eigenvalue weighted by Crippen LogP contribution is -2.31. The number of amides is 1. The molecule has 0 aromatic heterocycles. The SMILES string of the molecule is Cc1cccc(C(=O)NC2c3ccccc3CC2Br)c1. The van der Waals surface area contributed by atoms with Gasteiger partial charge in [-0.15, -0.1) is 0 Å². The largest absolute Gasteiger partial charge is 0.344 e. The van der Waals surface area contributed by atoms with Crippen LogP contribution in [0.25, 0.3) is 0 Å². The van der Waals surface area contributed by atoms with Crippen molar-refractivity contribution in [2.75, 3.05) is 0 Å². The van der Waals surface area contributed by atoms with Crippen LogP contribution in [0.3, 0.4) is 0 Å². The van der Waals surface area contributed by atoms with Crippen molar-refractivity contribution >= 4 is 21.8 Å². The zero-order valence-corrected chi connectivity index (χ0v) is 12.9. The molecule has 0 aliphatic heterocycles. The molecule has 2 atom stereocenters. The highest BCUT2D eigenvalue weighted by Crippen LogP contribution is 2.35. The van der Waals surface area contributed by atoms with E-state index >= 15 is 0 Å². The number of carbonyl (C=O) groups excluding carboxylic acids is 1. The average Bonchev–Trinajstić information content (AvgIpc) is 2.75. The zero-order valence-electron chi connectivity index (χ0n) is 11.3. The molecule has 1 aliphatic carbocycles. The fourth-order valence-electron chi connectivity index (χ4n) is 2.73. The second-order valence-electron chi connectivity index (χ2n) is 5.24. The maximum atomic E-state index is 12.4. The number of carbonyl (C=O) groups is 1. The maximum absolute atomic E-state index is 12.4. The Bertz CT molecular complexity index is 653. The smallest absolute Gasteiger partial charge is 0.251 e. The molecule has 0 radical (unpaired) electrons. The number of halogens is 1. The second-order valence-corrected chi connectivity index (χ2v) is 6.42. The Morgan fingerprint density at radius 1 is 1.20 bits per heavy atom. The highest BCUT2D eigenvalue weighted by molar-refractivity contribution is 9.09. The van der Waals surface area contributed by atoms with E-state index in [1.807, 2.05) is 43.3 Å². The molecule has 3 heteroatoms. The number of aryl methyl sites for hydroxylation is 1. The first-order valence-corrected chi connectivity index (χ1v) is 7.66. The van der Waals surface area contributed by atoms with Crippen LogP contribution >= 0.6 is 15.9 Å². The molecule has 2 unspecified atom stereocenters. The van der Waals surface area contributed by atoms with Crippen molar-refractivity contribution in [2.24, 2.45) is 0 Å². The Morgan fingerprint density at radius 3 is 2.80 bits per heavy atom. The van der Waals surface area contributed by atoms with E-state index in [0.29, 0.717) is 5.56 Å². The van der Waals surface area contributed by atoms with Crippen LogP contribution < -0.4 is 5.32 Å². The first kappa shape index (κ1) is 13.4. The van der Waals surface area contributed by atoms with E-state index in [4.69, 9.17) is 0 Å². The Morgan fingerprint density at radius 2 is 2.00 bits per heavy atom. The van der Waals surface area contributed by atoms with Crippen LogP contribution in [0.2, 0.25) is 0 Å². The second kappa shape index (κ2) is 5.41. The number of hydrogen-bond donors (Lipinski definition) is 1. The van der Waals surface area contributed by atoms with Crippen molar-refractivity contribution in [3.63, 3.8) is 0 Å². The Labute approximate surface area is 127 Å². The van der Waals surface area contributed by atoms with Crippen molar-refractivity contribution in [2.45, 2.75) is 24.2 Å². The molecule has 20 heavy (non-hydrogen) atoms. The van der Waals surface area contributed by atoms with Crippen molar-refractivity contribution in [1.82, 2.24) is 5.32 Å². The maximum Gasteiger partial charge on any atom is 0.251 e. The normalized spacial score (nSPS) is 20.5. The van der Waals surface area contributed by atoms with Gasteiger partial charge in [-0.2, -0.15) is 0 Å². The third-order valence-electron chi connectivity index (χ3n) is 3.73. The molecule has 2 aromatic rings. The summed E-state index contributed by atoms with van der Waals surface area (Å²) in [6.07, 6.45) is 0.953. The zero-order chi connectivity index (χ0) is 14.1. The summed E-state index contributed by atoms with van der Waals surface area (Å²) in [7, 11) is 0. The lowest BCUT2D eigenvalue weighted by molar-refractivity contribution is 0.0938. The predicted octanol–water partition coefficient (Wildman–Crippen LogP) is 3.79. The monoisotopic (exact) mass is 329 g/mol. The quantitative estimate of drug-likeness (QED) is 0.834. The Kier molecular flexibility index (Phi) is 3.62. The van der Waals surface area contributed by atoms with E-state index in [1.165, 1.54) is 11.1 Å². The number of rotatable bonds is 2. The summed E-state index contributed by atoms with van der Waals surface area (Å²) in [5, 5.41) is 3.14. The van der Waals surface area contributed by atoms with E-state index < -0.39 is 0 Å². The van der Waals surface area contributed by atoms with Crippen molar-refractivity contribution in [3.05, 3.63) is 70.8 Å². The van der Waals surface area contributed by atoms with Crippen molar-refractivity contribution in [3.8, 4) is 0 Å². The number of alkyl halides is 1. The Hall–Kier alpha value is -1.61. The van der Waals surface area contributed by atoms with Crippen LogP contribution in [0.1, 0.15) is 33.1 Å². The molecule has 1 aliphatic rings. The van der Waals surface area contributed by atoms with E-state index in [9.17, 15) is 4.79 Å². The van der Waals surface area contributed by atoms with Crippen LogP contribution in [0.5, 0.6) is 0 Å². The number of benzene rings is 2. The van der Waals surface area contributed by atoms with Crippen LogP contribution in [-0.2, 0) is 6.42 Å². The fourth-order valence-corrected chi connectivity index (χ4v) is 3.49. The standard InChI is InChI=1S/C17H16BrNO/c1-11-5-4-7-13(9-11)17(20)19-16-14-8-3-2-6-12(14)10-15(16)18/h2-9,15-16H,10H2,1H3,(H,19,20). The van der Waals surface area contributed by atoms with E-state index in [2.05, 4.69) is 33.4 Å². The summed E-state index contributed by atoms with van der Waals surface area (Å²) in [6, 6.07) is 16.0.